The summed E-state index contributed by atoms with van der Waals surface area (Å²) in [5.41, 5.74) is 0.588. The largest absolute Gasteiger partial charge is 0.490 e. The number of hydrogen-bond donors (Lipinski definition) is 2. The molecule has 2 atom stereocenters. The van der Waals surface area contributed by atoms with E-state index in [1.54, 1.807) is 0 Å². The van der Waals surface area contributed by atoms with Gasteiger partial charge in [0.05, 0.1) is 30.4 Å². The highest BCUT2D eigenvalue weighted by atomic mass is 19.4. The maximum atomic E-state index is 13.7. The predicted octanol–water partition coefficient (Wildman–Crippen LogP) is 3.26. The highest BCUT2D eigenvalue weighted by Crippen LogP contribution is 2.41. The second-order valence-electron chi connectivity index (χ2n) is 11.0. The van der Waals surface area contributed by atoms with Crippen LogP contribution in [0.5, 0.6) is 5.75 Å². The van der Waals surface area contributed by atoms with E-state index in [0.717, 1.165) is 62.4 Å². The Bertz CT molecular complexity index is 1160. The molecule has 2 aromatic rings. The summed E-state index contributed by atoms with van der Waals surface area (Å²) in [6.45, 7) is 5.02. The van der Waals surface area contributed by atoms with Gasteiger partial charge in [-0.25, -0.2) is 0 Å². The number of carbonyl (C=O) groups is 1. The number of likely N-dealkylation sites (tertiary alicyclic amines) is 1. The summed E-state index contributed by atoms with van der Waals surface area (Å²) in [5.74, 6) is 1.04. The van der Waals surface area contributed by atoms with Crippen LogP contribution in [-0.4, -0.2) is 74.5 Å². The van der Waals surface area contributed by atoms with Crippen molar-refractivity contribution in [1.29, 1.82) is 0 Å². The highest BCUT2D eigenvalue weighted by Gasteiger charge is 2.44. The van der Waals surface area contributed by atoms with Crippen LogP contribution < -0.4 is 15.0 Å². The Balaban J connectivity index is 1.13. The van der Waals surface area contributed by atoms with Crippen molar-refractivity contribution in [3.63, 3.8) is 0 Å². The Morgan fingerprint density at radius 2 is 1.68 bits per heavy atom. The first-order chi connectivity index (χ1) is 18.2. The fourth-order valence-corrected chi connectivity index (χ4v) is 6.22. The van der Waals surface area contributed by atoms with Crippen molar-refractivity contribution < 1.29 is 32.5 Å². The Labute approximate surface area is 219 Å². The molecule has 3 aliphatic heterocycles. The first-order valence-corrected chi connectivity index (χ1v) is 13.2. The molecule has 3 saturated heterocycles. The number of ether oxygens (including phenoxy) is 2. The molecule has 1 saturated carbocycles. The summed E-state index contributed by atoms with van der Waals surface area (Å²) >= 11 is 0. The van der Waals surface area contributed by atoms with Crippen LogP contribution in [0, 0.1) is 11.8 Å². The van der Waals surface area contributed by atoms with E-state index in [-0.39, 0.29) is 25.2 Å². The van der Waals surface area contributed by atoms with Crippen LogP contribution in [0.15, 0.2) is 42.5 Å². The molecule has 10 heteroatoms. The SMILES string of the molecule is O=C(c1ccc(C2(O)COC2)cc1N1CCNCC1)N1CC2CC(Oc3ccc(C(F)(F)F)cc3)CC2C1. The number of aliphatic hydroxyl groups is 1. The molecule has 38 heavy (non-hydrogen) atoms. The quantitative estimate of drug-likeness (QED) is 0.617. The number of alkyl halides is 3. The lowest BCUT2D eigenvalue weighted by molar-refractivity contribution is -0.184. The number of hydrogen-bond acceptors (Lipinski definition) is 6. The Kier molecular flexibility index (Phi) is 6.52. The summed E-state index contributed by atoms with van der Waals surface area (Å²) in [6.07, 6.45) is -2.90. The lowest BCUT2D eigenvalue weighted by Crippen LogP contribution is -2.47. The summed E-state index contributed by atoms with van der Waals surface area (Å²) in [4.78, 5) is 17.9. The third-order valence-electron chi connectivity index (χ3n) is 8.38. The second kappa shape index (κ2) is 9.73. The van der Waals surface area contributed by atoms with Gasteiger partial charge >= 0.3 is 6.18 Å². The lowest BCUT2D eigenvalue weighted by atomic mass is 9.90. The molecule has 2 aromatic carbocycles. The zero-order chi connectivity index (χ0) is 26.5. The van der Waals surface area contributed by atoms with Crippen LogP contribution in [0.1, 0.15) is 34.3 Å². The number of amides is 1. The first kappa shape index (κ1) is 25.5. The molecular weight excluding hydrogens is 499 g/mol. The standard InChI is InChI=1S/C28H32F3N3O4/c29-28(30,31)20-1-4-22(5-2-20)38-23-11-18-14-34(15-19(18)12-23)26(35)24-6-3-21(27(36)16-37-17-27)13-25(24)33-9-7-32-8-10-33/h1-6,13,18-19,23,32,36H,7-12,14-17H2. The molecule has 204 valence electrons. The van der Waals surface area contributed by atoms with Gasteiger partial charge < -0.3 is 29.7 Å². The molecule has 3 heterocycles. The van der Waals surface area contributed by atoms with Crippen LogP contribution in [0.25, 0.3) is 0 Å². The number of anilines is 1. The van der Waals surface area contributed by atoms with Crippen LogP contribution in [-0.2, 0) is 16.5 Å². The highest BCUT2D eigenvalue weighted by molar-refractivity contribution is 6.00. The van der Waals surface area contributed by atoms with Crippen molar-refractivity contribution in [2.45, 2.75) is 30.7 Å². The molecule has 0 spiro atoms. The van der Waals surface area contributed by atoms with Gasteiger partial charge in [0.15, 0.2) is 0 Å². The van der Waals surface area contributed by atoms with E-state index >= 15 is 0 Å². The van der Waals surface area contributed by atoms with Gasteiger partial charge in [-0.05, 0) is 66.6 Å². The number of benzene rings is 2. The van der Waals surface area contributed by atoms with E-state index < -0.39 is 17.3 Å². The minimum atomic E-state index is -4.37. The van der Waals surface area contributed by atoms with Crippen LogP contribution in [0.3, 0.4) is 0 Å². The third kappa shape index (κ3) is 4.85. The topological polar surface area (TPSA) is 74.3 Å². The summed E-state index contributed by atoms with van der Waals surface area (Å²) in [5, 5.41) is 14.2. The van der Waals surface area contributed by atoms with Crippen molar-refractivity contribution in [3.8, 4) is 5.75 Å². The van der Waals surface area contributed by atoms with Crippen molar-refractivity contribution >= 4 is 11.6 Å². The minimum absolute atomic E-state index is 0.00320. The Morgan fingerprint density at radius 1 is 1.03 bits per heavy atom. The lowest BCUT2D eigenvalue weighted by Gasteiger charge is -2.38. The van der Waals surface area contributed by atoms with E-state index in [1.165, 1.54) is 12.1 Å². The van der Waals surface area contributed by atoms with E-state index in [2.05, 4.69) is 10.2 Å². The van der Waals surface area contributed by atoms with Crippen molar-refractivity contribution in [2.24, 2.45) is 11.8 Å². The number of fused-ring (bicyclic) bond motifs is 1. The van der Waals surface area contributed by atoms with Crippen LogP contribution >= 0.6 is 0 Å². The summed E-state index contributed by atoms with van der Waals surface area (Å²) < 4.78 is 49.7. The van der Waals surface area contributed by atoms with E-state index in [4.69, 9.17) is 9.47 Å². The number of nitrogens with one attached hydrogen (secondary N) is 1. The zero-order valence-electron chi connectivity index (χ0n) is 21.0. The number of piperazine rings is 1. The third-order valence-corrected chi connectivity index (χ3v) is 8.38. The van der Waals surface area contributed by atoms with E-state index in [9.17, 15) is 23.1 Å². The van der Waals surface area contributed by atoms with Gasteiger partial charge in [-0.15, -0.1) is 0 Å². The normalized spacial score (nSPS) is 26.7. The van der Waals surface area contributed by atoms with E-state index in [1.807, 2.05) is 23.1 Å². The van der Waals surface area contributed by atoms with Gasteiger partial charge in [-0.3, -0.25) is 4.79 Å². The summed E-state index contributed by atoms with van der Waals surface area (Å²) in [7, 11) is 0. The zero-order valence-corrected chi connectivity index (χ0v) is 21.0. The molecule has 0 radical (unpaired) electrons. The van der Waals surface area contributed by atoms with Gasteiger partial charge in [0.1, 0.15) is 11.4 Å². The predicted molar refractivity (Wildman–Crippen MR) is 134 cm³/mol. The molecular formula is C28H32F3N3O4. The molecule has 2 unspecified atom stereocenters. The number of carbonyl (C=O) groups excluding carboxylic acids is 1. The molecule has 0 aromatic heterocycles. The van der Waals surface area contributed by atoms with E-state index in [0.29, 0.717) is 36.2 Å². The summed E-state index contributed by atoms with van der Waals surface area (Å²) in [6, 6.07) is 10.5. The molecule has 2 N–H and O–H groups in total. The van der Waals surface area contributed by atoms with Gasteiger partial charge in [-0.2, -0.15) is 13.2 Å². The first-order valence-electron chi connectivity index (χ1n) is 13.2. The maximum Gasteiger partial charge on any atom is 0.416 e. The number of nitrogens with zero attached hydrogens (tertiary/aromatic N) is 2. The van der Waals surface area contributed by atoms with Gasteiger partial charge in [0.2, 0.25) is 0 Å². The minimum Gasteiger partial charge on any atom is -0.490 e. The molecule has 6 rings (SSSR count). The Morgan fingerprint density at radius 3 is 2.26 bits per heavy atom. The second-order valence-corrected chi connectivity index (χ2v) is 11.0. The maximum absolute atomic E-state index is 13.7. The molecule has 1 aliphatic carbocycles. The van der Waals surface area contributed by atoms with Gasteiger partial charge in [0, 0.05) is 45.0 Å². The van der Waals surface area contributed by atoms with Gasteiger partial charge in [0.25, 0.3) is 5.91 Å². The molecule has 4 aliphatic rings. The monoisotopic (exact) mass is 531 g/mol. The fraction of sp³-hybridized carbons (Fsp3) is 0.536. The number of rotatable bonds is 5. The van der Waals surface area contributed by atoms with Crippen molar-refractivity contribution in [3.05, 3.63) is 59.2 Å². The molecule has 0 bridgehead atoms. The smallest absolute Gasteiger partial charge is 0.416 e. The van der Waals surface area contributed by atoms with Gasteiger partial charge in [-0.1, -0.05) is 6.07 Å². The molecule has 7 nitrogen and oxygen atoms in total. The molecule has 1 amide bonds. The van der Waals surface area contributed by atoms with Crippen molar-refractivity contribution in [2.75, 3.05) is 57.4 Å². The molecule has 4 fully saturated rings. The van der Waals surface area contributed by atoms with Crippen LogP contribution in [0.4, 0.5) is 18.9 Å². The van der Waals surface area contributed by atoms with Crippen molar-refractivity contribution in [1.82, 2.24) is 10.2 Å². The average Bonchev–Trinajstić information content (AvgIpc) is 3.46. The Hall–Kier alpha value is -2.82. The fourth-order valence-electron chi connectivity index (χ4n) is 6.22. The van der Waals surface area contributed by atoms with Crippen LogP contribution in [0.2, 0.25) is 0 Å². The number of halogens is 3. The average molecular weight is 532 g/mol.